The molecule has 1 unspecified atom stereocenters. The summed E-state index contributed by atoms with van der Waals surface area (Å²) in [4.78, 5) is 14.5. The Morgan fingerprint density at radius 3 is 2.34 bits per heavy atom. The molecule has 0 aliphatic heterocycles. The minimum atomic E-state index is -4.45. The summed E-state index contributed by atoms with van der Waals surface area (Å²) < 4.78 is 67.8. The maximum absolute atomic E-state index is 13.0. The topological polar surface area (TPSA) is 29.5 Å². The second kappa shape index (κ2) is 8.39. The summed E-state index contributed by atoms with van der Waals surface area (Å²) in [6.07, 6.45) is -2.83. The minimum absolute atomic E-state index is 0.00603. The summed E-state index contributed by atoms with van der Waals surface area (Å²) in [6.45, 7) is -1.22. The zero-order chi connectivity index (χ0) is 21.2. The number of carbonyl (C=O) groups excluding carboxylic acids is 1. The predicted molar refractivity (Wildman–Crippen MR) is 96.5 cm³/mol. The molecule has 2 aromatic rings. The van der Waals surface area contributed by atoms with Crippen molar-refractivity contribution >= 4 is 5.91 Å². The van der Waals surface area contributed by atoms with Crippen molar-refractivity contribution in [3.05, 3.63) is 65.2 Å². The van der Waals surface area contributed by atoms with Gasteiger partial charge >= 0.3 is 12.8 Å². The molecule has 0 radical (unpaired) electrons. The largest absolute Gasteiger partial charge is 0.435 e. The average Bonchev–Trinajstić information content (AvgIpc) is 3.47. The molecule has 0 spiro atoms. The van der Waals surface area contributed by atoms with E-state index in [1.807, 2.05) is 0 Å². The summed E-state index contributed by atoms with van der Waals surface area (Å²) in [5, 5.41) is 0. The first-order valence-corrected chi connectivity index (χ1v) is 9.17. The van der Waals surface area contributed by atoms with Crippen molar-refractivity contribution in [1.29, 1.82) is 0 Å². The summed E-state index contributed by atoms with van der Waals surface area (Å²) >= 11 is 0. The van der Waals surface area contributed by atoms with Crippen molar-refractivity contribution in [1.82, 2.24) is 4.90 Å². The molecule has 1 atom stereocenters. The number of ether oxygens (including phenoxy) is 1. The fourth-order valence-electron chi connectivity index (χ4n) is 3.28. The van der Waals surface area contributed by atoms with Gasteiger partial charge in [-0.3, -0.25) is 4.79 Å². The lowest BCUT2D eigenvalue weighted by Gasteiger charge is -2.30. The number of alkyl halides is 5. The van der Waals surface area contributed by atoms with Crippen molar-refractivity contribution in [2.75, 3.05) is 0 Å². The molecule has 8 heteroatoms. The second-order valence-electron chi connectivity index (χ2n) is 7.03. The molecule has 0 N–H and O–H groups in total. The molecule has 0 aromatic heterocycles. The molecule has 156 valence electrons. The molecule has 1 amide bonds. The highest BCUT2D eigenvalue weighted by atomic mass is 19.4. The monoisotopic (exact) mass is 413 g/mol. The van der Waals surface area contributed by atoms with Crippen LogP contribution in [0.15, 0.2) is 48.5 Å². The molecule has 29 heavy (non-hydrogen) atoms. The Bertz CT molecular complexity index is 847. The van der Waals surface area contributed by atoms with Crippen LogP contribution in [0.25, 0.3) is 0 Å². The Balaban J connectivity index is 1.75. The number of benzene rings is 2. The highest BCUT2D eigenvalue weighted by Crippen LogP contribution is 2.37. The zero-order valence-electron chi connectivity index (χ0n) is 15.6. The van der Waals surface area contributed by atoms with Gasteiger partial charge in [0.1, 0.15) is 5.75 Å². The first-order chi connectivity index (χ1) is 13.6. The van der Waals surface area contributed by atoms with Crippen molar-refractivity contribution in [3.8, 4) is 5.75 Å². The van der Waals surface area contributed by atoms with Crippen LogP contribution in [0.1, 0.15) is 42.5 Å². The molecule has 2 aromatic carbocycles. The van der Waals surface area contributed by atoms with Crippen molar-refractivity contribution < 1.29 is 31.5 Å². The van der Waals surface area contributed by atoms with Gasteiger partial charge in [0, 0.05) is 6.04 Å². The standard InChI is InChI=1S/C21H20F5NO2/c1-13(15-3-2-4-16(12-15)21(24,25)26)27(17-7-8-17)19(28)11-14-5-9-18(10-6-14)29-20(22)23/h2-6,9-10,12-13,17,20H,7-8,11H2,1H3. The molecule has 1 saturated carbocycles. The lowest BCUT2D eigenvalue weighted by atomic mass is 10.0. The van der Waals surface area contributed by atoms with Gasteiger partial charge in [-0.1, -0.05) is 24.3 Å². The number of halogens is 5. The summed E-state index contributed by atoms with van der Waals surface area (Å²) in [5.41, 5.74) is 0.277. The van der Waals surface area contributed by atoms with Crippen LogP contribution in [0.5, 0.6) is 5.75 Å². The maximum atomic E-state index is 13.0. The fraction of sp³-hybridized carbons (Fsp3) is 0.381. The summed E-state index contributed by atoms with van der Waals surface area (Å²) in [5.74, 6) is -0.229. The van der Waals surface area contributed by atoms with Gasteiger partial charge in [0.25, 0.3) is 0 Å². The first-order valence-electron chi connectivity index (χ1n) is 9.17. The molecular weight excluding hydrogens is 393 g/mol. The van der Waals surface area contributed by atoms with Gasteiger partial charge in [-0.15, -0.1) is 0 Å². The van der Waals surface area contributed by atoms with E-state index < -0.39 is 24.4 Å². The maximum Gasteiger partial charge on any atom is 0.416 e. The number of rotatable bonds is 7. The van der Waals surface area contributed by atoms with E-state index in [2.05, 4.69) is 4.74 Å². The van der Waals surface area contributed by atoms with E-state index in [0.29, 0.717) is 11.1 Å². The molecule has 0 saturated heterocycles. The third-order valence-electron chi connectivity index (χ3n) is 4.85. The van der Waals surface area contributed by atoms with Crippen LogP contribution in [0.3, 0.4) is 0 Å². The quantitative estimate of drug-likeness (QED) is 0.553. The van der Waals surface area contributed by atoms with E-state index >= 15 is 0 Å². The van der Waals surface area contributed by atoms with Gasteiger partial charge in [0.15, 0.2) is 0 Å². The van der Waals surface area contributed by atoms with Crippen molar-refractivity contribution in [3.63, 3.8) is 0 Å². The average molecular weight is 413 g/mol. The lowest BCUT2D eigenvalue weighted by molar-refractivity contribution is -0.137. The van der Waals surface area contributed by atoms with Gasteiger partial charge in [-0.2, -0.15) is 22.0 Å². The molecule has 0 bridgehead atoms. The normalized spacial score (nSPS) is 15.3. The van der Waals surface area contributed by atoms with Gasteiger partial charge < -0.3 is 9.64 Å². The SMILES string of the molecule is CC(c1cccc(C(F)(F)F)c1)N(C(=O)Cc1ccc(OC(F)F)cc1)C1CC1. The van der Waals surface area contributed by atoms with E-state index in [1.165, 1.54) is 30.3 Å². The van der Waals surface area contributed by atoms with Crippen LogP contribution in [0.4, 0.5) is 22.0 Å². The van der Waals surface area contributed by atoms with E-state index in [1.54, 1.807) is 17.9 Å². The Hall–Kier alpha value is -2.64. The van der Waals surface area contributed by atoms with Crippen LogP contribution in [0.2, 0.25) is 0 Å². The molecular formula is C21H20F5NO2. The Morgan fingerprint density at radius 2 is 1.79 bits per heavy atom. The van der Waals surface area contributed by atoms with Crippen molar-refractivity contribution in [2.45, 2.75) is 51.1 Å². The number of carbonyl (C=O) groups is 1. The number of amides is 1. The van der Waals surface area contributed by atoms with Crippen LogP contribution >= 0.6 is 0 Å². The molecule has 1 aliphatic rings. The smallest absolute Gasteiger partial charge is 0.416 e. The highest BCUT2D eigenvalue weighted by Gasteiger charge is 2.37. The van der Waals surface area contributed by atoms with E-state index in [-0.39, 0.29) is 24.1 Å². The summed E-state index contributed by atoms with van der Waals surface area (Å²) in [7, 11) is 0. The fourth-order valence-corrected chi connectivity index (χ4v) is 3.28. The third-order valence-corrected chi connectivity index (χ3v) is 4.85. The third kappa shape index (κ3) is 5.46. The Kier molecular flexibility index (Phi) is 6.10. The number of nitrogens with zero attached hydrogens (tertiary/aromatic N) is 1. The van der Waals surface area contributed by atoms with Gasteiger partial charge in [0.2, 0.25) is 5.91 Å². The van der Waals surface area contributed by atoms with Crippen LogP contribution < -0.4 is 4.74 Å². The molecule has 3 rings (SSSR count). The van der Waals surface area contributed by atoms with Crippen LogP contribution in [0, 0.1) is 0 Å². The molecule has 1 aliphatic carbocycles. The first kappa shape index (κ1) is 21.1. The van der Waals surface area contributed by atoms with Crippen LogP contribution in [-0.2, 0) is 17.4 Å². The van der Waals surface area contributed by atoms with Gasteiger partial charge in [-0.25, -0.2) is 0 Å². The van der Waals surface area contributed by atoms with Crippen molar-refractivity contribution in [2.24, 2.45) is 0 Å². The highest BCUT2D eigenvalue weighted by molar-refractivity contribution is 5.80. The molecule has 1 fully saturated rings. The zero-order valence-corrected chi connectivity index (χ0v) is 15.6. The Labute approximate surface area is 165 Å². The summed E-state index contributed by atoms with van der Waals surface area (Å²) in [6, 6.07) is 10.2. The van der Waals surface area contributed by atoms with E-state index in [9.17, 15) is 26.7 Å². The van der Waals surface area contributed by atoms with Gasteiger partial charge in [0.05, 0.1) is 18.0 Å². The predicted octanol–water partition coefficient (Wildman–Crippen LogP) is 5.60. The Morgan fingerprint density at radius 1 is 1.14 bits per heavy atom. The van der Waals surface area contributed by atoms with Gasteiger partial charge in [-0.05, 0) is 55.2 Å². The molecule has 0 heterocycles. The van der Waals surface area contributed by atoms with Crippen LogP contribution in [-0.4, -0.2) is 23.5 Å². The van der Waals surface area contributed by atoms with E-state index in [0.717, 1.165) is 25.0 Å². The second-order valence-corrected chi connectivity index (χ2v) is 7.03. The number of hydrogen-bond acceptors (Lipinski definition) is 2. The number of hydrogen-bond donors (Lipinski definition) is 0. The lowest BCUT2D eigenvalue weighted by Crippen LogP contribution is -2.36. The minimum Gasteiger partial charge on any atom is -0.435 e. The van der Waals surface area contributed by atoms with E-state index in [4.69, 9.17) is 0 Å². The molecule has 3 nitrogen and oxygen atoms in total.